The summed E-state index contributed by atoms with van der Waals surface area (Å²) in [5.41, 5.74) is -0.0303. The Morgan fingerprint density at radius 2 is 2.21 bits per heavy atom. The molecule has 1 aromatic carbocycles. The van der Waals surface area contributed by atoms with Crippen LogP contribution in [0.2, 0.25) is 0 Å². The molecular weight excluding hydrogens is 345 g/mol. The molecule has 2 rings (SSSR count). The van der Waals surface area contributed by atoms with Crippen LogP contribution in [-0.4, -0.2) is 38.3 Å². The number of hydrogen-bond acceptors (Lipinski definition) is 3. The molecule has 1 amide bonds. The van der Waals surface area contributed by atoms with Crippen molar-refractivity contribution in [3.05, 3.63) is 35.4 Å². The van der Waals surface area contributed by atoms with Crippen molar-refractivity contribution >= 4 is 18.3 Å². The second kappa shape index (κ2) is 9.25. The average molecular weight is 367 g/mol. The highest BCUT2D eigenvalue weighted by atomic mass is 35.5. The van der Waals surface area contributed by atoms with E-state index in [4.69, 9.17) is 4.74 Å². The summed E-state index contributed by atoms with van der Waals surface area (Å²) in [4.78, 5) is 11.9. The maximum atomic E-state index is 12.7. The molecule has 136 valence electrons. The van der Waals surface area contributed by atoms with Crippen LogP contribution >= 0.6 is 12.4 Å². The molecule has 0 aliphatic carbocycles. The Hall–Kier alpha value is -1.31. The fourth-order valence-electron chi connectivity index (χ4n) is 2.45. The summed E-state index contributed by atoms with van der Waals surface area (Å²) < 4.78 is 43.5. The van der Waals surface area contributed by atoms with Crippen molar-refractivity contribution < 1.29 is 22.7 Å². The molecule has 1 aliphatic rings. The molecule has 1 aliphatic heterocycles. The van der Waals surface area contributed by atoms with E-state index < -0.39 is 17.8 Å². The van der Waals surface area contributed by atoms with Gasteiger partial charge in [-0.3, -0.25) is 4.79 Å². The monoisotopic (exact) mass is 366 g/mol. The fourth-order valence-corrected chi connectivity index (χ4v) is 2.45. The van der Waals surface area contributed by atoms with Crippen molar-refractivity contribution in [2.75, 3.05) is 26.2 Å². The van der Waals surface area contributed by atoms with E-state index in [1.54, 1.807) is 6.07 Å². The lowest BCUT2D eigenvalue weighted by molar-refractivity contribution is -0.137. The van der Waals surface area contributed by atoms with E-state index in [1.807, 2.05) is 6.92 Å². The quantitative estimate of drug-likeness (QED) is 0.842. The number of carbonyl (C=O) groups is 1. The Morgan fingerprint density at radius 1 is 1.46 bits per heavy atom. The van der Waals surface area contributed by atoms with Crippen LogP contribution in [0.5, 0.6) is 0 Å². The predicted molar refractivity (Wildman–Crippen MR) is 87.3 cm³/mol. The number of nitrogens with one attached hydrogen (secondary N) is 2. The molecule has 0 saturated carbocycles. The van der Waals surface area contributed by atoms with Crippen LogP contribution in [-0.2, 0) is 15.7 Å². The molecule has 8 heteroatoms. The summed E-state index contributed by atoms with van der Waals surface area (Å²) in [5.74, 6) is -0.267. The molecule has 0 radical (unpaired) electrons. The third kappa shape index (κ3) is 5.96. The van der Waals surface area contributed by atoms with Crippen LogP contribution in [0.1, 0.15) is 30.4 Å². The van der Waals surface area contributed by atoms with Crippen LogP contribution in [0.4, 0.5) is 13.2 Å². The number of halogens is 4. The molecule has 2 N–H and O–H groups in total. The van der Waals surface area contributed by atoms with E-state index in [9.17, 15) is 18.0 Å². The molecule has 0 bridgehead atoms. The second-order valence-electron chi connectivity index (χ2n) is 5.67. The first-order valence-corrected chi connectivity index (χ1v) is 7.65. The molecule has 1 aromatic rings. The Morgan fingerprint density at radius 3 is 2.83 bits per heavy atom. The highest BCUT2D eigenvalue weighted by molar-refractivity contribution is 5.85. The largest absolute Gasteiger partial charge is 0.416 e. The van der Waals surface area contributed by atoms with Crippen molar-refractivity contribution in [2.45, 2.75) is 31.5 Å². The lowest BCUT2D eigenvalue weighted by atomic mass is 9.96. The Bertz CT molecular complexity index is 534. The zero-order valence-corrected chi connectivity index (χ0v) is 14.2. The van der Waals surface area contributed by atoms with Gasteiger partial charge in [-0.15, -0.1) is 12.4 Å². The number of morpholine rings is 1. The van der Waals surface area contributed by atoms with Crippen LogP contribution in [0.3, 0.4) is 0 Å². The second-order valence-corrected chi connectivity index (χ2v) is 5.67. The van der Waals surface area contributed by atoms with Crippen LogP contribution in [0.15, 0.2) is 24.3 Å². The van der Waals surface area contributed by atoms with Crippen LogP contribution in [0.25, 0.3) is 0 Å². The van der Waals surface area contributed by atoms with Crippen molar-refractivity contribution in [3.63, 3.8) is 0 Å². The summed E-state index contributed by atoms with van der Waals surface area (Å²) in [6.07, 6.45) is -4.27. The van der Waals surface area contributed by atoms with Gasteiger partial charge in [-0.25, -0.2) is 0 Å². The van der Waals surface area contributed by atoms with Crippen molar-refractivity contribution in [3.8, 4) is 0 Å². The molecule has 0 aromatic heterocycles. The maximum absolute atomic E-state index is 12.7. The molecule has 24 heavy (non-hydrogen) atoms. The molecule has 1 fully saturated rings. The number of ether oxygens (including phenoxy) is 1. The lowest BCUT2D eigenvalue weighted by Gasteiger charge is -2.23. The highest BCUT2D eigenvalue weighted by Crippen LogP contribution is 2.31. The number of carbonyl (C=O) groups excluding carboxylic acids is 1. The molecule has 1 saturated heterocycles. The predicted octanol–water partition coefficient (Wildman–Crippen LogP) is 2.73. The smallest absolute Gasteiger partial charge is 0.366 e. The van der Waals surface area contributed by atoms with Gasteiger partial charge in [0.25, 0.3) is 0 Å². The minimum absolute atomic E-state index is 0. The first kappa shape index (κ1) is 20.7. The van der Waals surface area contributed by atoms with Crippen molar-refractivity contribution in [1.29, 1.82) is 0 Å². The summed E-state index contributed by atoms with van der Waals surface area (Å²) in [5, 5.41) is 5.84. The van der Waals surface area contributed by atoms with Gasteiger partial charge in [0.05, 0.1) is 12.2 Å². The summed E-state index contributed by atoms with van der Waals surface area (Å²) in [6, 6.07) is 5.32. The number of benzene rings is 1. The van der Waals surface area contributed by atoms with Gasteiger partial charge in [-0.2, -0.15) is 13.2 Å². The zero-order valence-electron chi connectivity index (χ0n) is 13.4. The van der Waals surface area contributed by atoms with Gasteiger partial charge in [0.2, 0.25) is 5.91 Å². The zero-order chi connectivity index (χ0) is 16.9. The number of hydrogen-bond donors (Lipinski definition) is 2. The molecule has 0 spiro atoms. The standard InChI is InChI=1S/C16H21F3N2O2.ClH/c1-11(12-3-2-4-13(9-12)16(17,18)19)5-6-21-15(22)14-10-20-7-8-23-14;/h2-4,9,11,14,20H,5-8,10H2,1H3,(H,21,22);1H. The molecule has 2 unspecified atom stereocenters. The normalized spacial score (nSPS) is 19.2. The fraction of sp³-hybridized carbons (Fsp3) is 0.562. The van der Waals surface area contributed by atoms with E-state index in [-0.39, 0.29) is 24.2 Å². The molecule has 4 nitrogen and oxygen atoms in total. The van der Waals surface area contributed by atoms with E-state index in [0.29, 0.717) is 31.7 Å². The molecule has 2 atom stereocenters. The first-order chi connectivity index (χ1) is 10.9. The topological polar surface area (TPSA) is 50.4 Å². The highest BCUT2D eigenvalue weighted by Gasteiger charge is 2.30. The molecular formula is C16H22ClF3N2O2. The van der Waals surface area contributed by atoms with Gasteiger partial charge >= 0.3 is 6.18 Å². The minimum Gasteiger partial charge on any atom is -0.366 e. The van der Waals surface area contributed by atoms with E-state index in [0.717, 1.165) is 12.6 Å². The Kier molecular flexibility index (Phi) is 7.99. The van der Waals surface area contributed by atoms with E-state index in [1.165, 1.54) is 12.1 Å². The summed E-state index contributed by atoms with van der Waals surface area (Å²) in [6.45, 7) is 3.96. The number of rotatable bonds is 5. The molecule has 1 heterocycles. The first-order valence-electron chi connectivity index (χ1n) is 7.65. The maximum Gasteiger partial charge on any atom is 0.416 e. The van der Waals surface area contributed by atoms with Gasteiger partial charge in [0.1, 0.15) is 6.10 Å². The van der Waals surface area contributed by atoms with Crippen LogP contribution < -0.4 is 10.6 Å². The number of amides is 1. The minimum atomic E-state index is -4.34. The van der Waals surface area contributed by atoms with Crippen LogP contribution in [0, 0.1) is 0 Å². The van der Waals surface area contributed by atoms with Gasteiger partial charge in [-0.05, 0) is 24.0 Å². The van der Waals surface area contributed by atoms with Gasteiger partial charge < -0.3 is 15.4 Å². The Labute approximate surface area is 145 Å². The Balaban J connectivity index is 0.00000288. The summed E-state index contributed by atoms with van der Waals surface area (Å²) in [7, 11) is 0. The summed E-state index contributed by atoms with van der Waals surface area (Å²) >= 11 is 0. The lowest BCUT2D eigenvalue weighted by Crippen LogP contribution is -2.48. The average Bonchev–Trinajstić information content (AvgIpc) is 2.54. The third-order valence-corrected chi connectivity index (χ3v) is 3.88. The SMILES string of the molecule is CC(CCNC(=O)C1CNCCO1)c1cccc(C(F)(F)F)c1.Cl. The third-order valence-electron chi connectivity index (χ3n) is 3.88. The van der Waals surface area contributed by atoms with Gasteiger partial charge in [0, 0.05) is 19.6 Å². The van der Waals surface area contributed by atoms with Gasteiger partial charge in [0.15, 0.2) is 0 Å². The van der Waals surface area contributed by atoms with Gasteiger partial charge in [-0.1, -0.05) is 25.1 Å². The number of alkyl halides is 3. The van der Waals surface area contributed by atoms with E-state index >= 15 is 0 Å². The van der Waals surface area contributed by atoms with Crippen molar-refractivity contribution in [2.24, 2.45) is 0 Å². The van der Waals surface area contributed by atoms with Crippen molar-refractivity contribution in [1.82, 2.24) is 10.6 Å². The van der Waals surface area contributed by atoms with E-state index in [2.05, 4.69) is 10.6 Å².